The Kier molecular flexibility index (Phi) is 4.07. The van der Waals surface area contributed by atoms with E-state index in [9.17, 15) is 4.79 Å². The van der Waals surface area contributed by atoms with Crippen molar-refractivity contribution in [2.75, 3.05) is 13.7 Å². The lowest BCUT2D eigenvalue weighted by Gasteiger charge is -2.19. The van der Waals surface area contributed by atoms with Gasteiger partial charge in [-0.15, -0.1) is 10.2 Å². The molecule has 2 N–H and O–H groups in total. The van der Waals surface area contributed by atoms with Crippen molar-refractivity contribution in [3.05, 3.63) is 41.5 Å². The van der Waals surface area contributed by atoms with E-state index in [1.165, 1.54) is 5.56 Å². The lowest BCUT2D eigenvalue weighted by atomic mass is 9.95. The van der Waals surface area contributed by atoms with Crippen LogP contribution in [0.4, 0.5) is 4.79 Å². The van der Waals surface area contributed by atoms with Gasteiger partial charge in [-0.1, -0.05) is 18.2 Å². The minimum atomic E-state index is -0.170. The Bertz CT molecular complexity index is 782. The molecule has 2 aliphatic rings. The first-order valence-corrected chi connectivity index (χ1v) is 8.78. The lowest BCUT2D eigenvalue weighted by Crippen LogP contribution is -2.40. The maximum absolute atomic E-state index is 12.2. The number of benzene rings is 1. The zero-order chi connectivity index (χ0) is 17.3. The number of nitrogens with one attached hydrogen (secondary N) is 2. The summed E-state index contributed by atoms with van der Waals surface area (Å²) in [6, 6.07) is 7.88. The van der Waals surface area contributed by atoms with E-state index in [0.29, 0.717) is 13.1 Å². The second kappa shape index (κ2) is 6.38. The van der Waals surface area contributed by atoms with Crippen molar-refractivity contribution in [1.82, 2.24) is 25.4 Å². The van der Waals surface area contributed by atoms with Gasteiger partial charge in [0.1, 0.15) is 11.6 Å². The highest BCUT2D eigenvalue weighted by molar-refractivity contribution is 5.74. The quantitative estimate of drug-likeness (QED) is 0.839. The third kappa shape index (κ3) is 3.06. The second-order valence-electron chi connectivity index (χ2n) is 6.80. The van der Waals surface area contributed by atoms with Gasteiger partial charge in [-0.3, -0.25) is 0 Å². The molecule has 0 radical (unpaired) electrons. The molecule has 4 rings (SSSR count). The molecule has 0 spiro atoms. The molecule has 2 aromatic rings. The molecule has 2 heterocycles. The summed E-state index contributed by atoms with van der Waals surface area (Å²) in [6.07, 6.45) is 4.20. The van der Waals surface area contributed by atoms with Crippen molar-refractivity contribution >= 4 is 6.03 Å². The zero-order valence-corrected chi connectivity index (χ0v) is 14.4. The number of aromatic nitrogens is 3. The number of hydrogen-bond donors (Lipinski definition) is 2. The normalized spacial score (nSPS) is 17.0. The summed E-state index contributed by atoms with van der Waals surface area (Å²) in [5.41, 5.74) is 1.17. The SMILES string of the molecule is COc1ccccc1C1(CNC(=O)NCc2nnc3n2CCC3)CC1. The monoisotopic (exact) mass is 341 g/mol. The summed E-state index contributed by atoms with van der Waals surface area (Å²) in [6.45, 7) is 1.95. The van der Waals surface area contributed by atoms with E-state index >= 15 is 0 Å². The number of urea groups is 1. The van der Waals surface area contributed by atoms with Crippen molar-refractivity contribution in [3.63, 3.8) is 0 Å². The molecule has 2 amide bonds. The molecule has 0 saturated heterocycles. The number of amides is 2. The first-order valence-electron chi connectivity index (χ1n) is 8.78. The van der Waals surface area contributed by atoms with Gasteiger partial charge in [-0.2, -0.15) is 0 Å². The Morgan fingerprint density at radius 3 is 2.92 bits per heavy atom. The first-order chi connectivity index (χ1) is 12.2. The average molecular weight is 341 g/mol. The molecule has 1 aliphatic carbocycles. The minimum Gasteiger partial charge on any atom is -0.496 e. The summed E-state index contributed by atoms with van der Waals surface area (Å²) < 4.78 is 7.57. The van der Waals surface area contributed by atoms with E-state index in [1.54, 1.807) is 7.11 Å². The maximum atomic E-state index is 12.2. The Hall–Kier alpha value is -2.57. The van der Waals surface area contributed by atoms with Crippen LogP contribution >= 0.6 is 0 Å². The number of ether oxygens (including phenoxy) is 1. The number of carbonyl (C=O) groups is 1. The molecule has 7 nitrogen and oxygen atoms in total. The number of fused-ring (bicyclic) bond motifs is 1. The van der Waals surface area contributed by atoms with Crippen molar-refractivity contribution in [2.45, 2.75) is 44.2 Å². The van der Waals surface area contributed by atoms with Gasteiger partial charge in [0, 0.05) is 30.5 Å². The fourth-order valence-electron chi connectivity index (χ4n) is 3.59. The van der Waals surface area contributed by atoms with Gasteiger partial charge in [0.2, 0.25) is 0 Å². The highest BCUT2D eigenvalue weighted by Gasteiger charge is 2.46. The van der Waals surface area contributed by atoms with Gasteiger partial charge >= 0.3 is 6.03 Å². The van der Waals surface area contributed by atoms with Crippen LogP contribution in [0.3, 0.4) is 0 Å². The van der Waals surface area contributed by atoms with Crippen LogP contribution in [-0.4, -0.2) is 34.5 Å². The fourth-order valence-corrected chi connectivity index (χ4v) is 3.59. The van der Waals surface area contributed by atoms with Crippen molar-refractivity contribution in [3.8, 4) is 5.75 Å². The highest BCUT2D eigenvalue weighted by atomic mass is 16.5. The molecule has 1 saturated carbocycles. The molecule has 0 atom stereocenters. The molecule has 0 unspecified atom stereocenters. The minimum absolute atomic E-state index is 0.0000524. The molecule has 7 heteroatoms. The zero-order valence-electron chi connectivity index (χ0n) is 14.4. The van der Waals surface area contributed by atoms with Crippen LogP contribution in [0.25, 0.3) is 0 Å². The third-order valence-corrected chi connectivity index (χ3v) is 5.21. The van der Waals surface area contributed by atoms with Gasteiger partial charge in [-0.05, 0) is 25.3 Å². The van der Waals surface area contributed by atoms with Gasteiger partial charge in [0.05, 0.1) is 13.7 Å². The van der Waals surface area contributed by atoms with Crippen molar-refractivity contribution < 1.29 is 9.53 Å². The van der Waals surface area contributed by atoms with Gasteiger partial charge < -0.3 is 19.9 Å². The molecular weight excluding hydrogens is 318 g/mol. The van der Waals surface area contributed by atoms with Crippen LogP contribution in [0.5, 0.6) is 5.75 Å². The molecule has 1 aromatic carbocycles. The molecule has 1 aromatic heterocycles. The van der Waals surface area contributed by atoms with E-state index in [2.05, 4.69) is 31.5 Å². The lowest BCUT2D eigenvalue weighted by molar-refractivity contribution is 0.239. The molecule has 0 bridgehead atoms. The van der Waals surface area contributed by atoms with Crippen LogP contribution in [0.15, 0.2) is 24.3 Å². The highest BCUT2D eigenvalue weighted by Crippen LogP contribution is 2.50. The summed E-state index contributed by atoms with van der Waals surface area (Å²) in [7, 11) is 1.69. The second-order valence-corrected chi connectivity index (χ2v) is 6.80. The summed E-state index contributed by atoms with van der Waals surface area (Å²) in [4.78, 5) is 12.2. The Morgan fingerprint density at radius 1 is 1.28 bits per heavy atom. The van der Waals surface area contributed by atoms with Gasteiger partial charge in [0.15, 0.2) is 5.82 Å². The van der Waals surface area contributed by atoms with E-state index in [1.807, 2.05) is 18.2 Å². The number of hydrogen-bond acceptors (Lipinski definition) is 4. The molecule has 1 aliphatic heterocycles. The number of carbonyl (C=O) groups excluding carboxylic acids is 1. The van der Waals surface area contributed by atoms with Crippen LogP contribution < -0.4 is 15.4 Å². The maximum Gasteiger partial charge on any atom is 0.315 e. The number of nitrogens with zero attached hydrogens (tertiary/aromatic N) is 3. The van der Waals surface area contributed by atoms with Crippen molar-refractivity contribution in [1.29, 1.82) is 0 Å². The van der Waals surface area contributed by atoms with Gasteiger partial charge in [0.25, 0.3) is 0 Å². The van der Waals surface area contributed by atoms with E-state index < -0.39 is 0 Å². The average Bonchev–Trinajstić information content (AvgIpc) is 3.11. The van der Waals surface area contributed by atoms with Crippen LogP contribution in [-0.2, 0) is 24.9 Å². The number of rotatable bonds is 6. The van der Waals surface area contributed by atoms with E-state index in [-0.39, 0.29) is 11.4 Å². The summed E-state index contributed by atoms with van der Waals surface area (Å²) in [5, 5.41) is 14.2. The predicted octanol–water partition coefficient (Wildman–Crippen LogP) is 1.76. The Morgan fingerprint density at radius 2 is 2.12 bits per heavy atom. The molecule has 132 valence electrons. The molecular formula is C18H23N5O2. The largest absolute Gasteiger partial charge is 0.496 e. The van der Waals surface area contributed by atoms with E-state index in [0.717, 1.165) is 49.6 Å². The fraction of sp³-hybridized carbons (Fsp3) is 0.500. The standard InChI is InChI=1S/C18H23N5O2/c1-25-14-6-3-2-5-13(14)18(8-9-18)12-20-17(24)19-11-16-22-21-15-7-4-10-23(15)16/h2-3,5-6H,4,7-12H2,1H3,(H2,19,20,24). The number of para-hydroxylation sites is 1. The summed E-state index contributed by atoms with van der Waals surface area (Å²) >= 11 is 0. The third-order valence-electron chi connectivity index (χ3n) is 5.21. The molecule has 25 heavy (non-hydrogen) atoms. The summed E-state index contributed by atoms with van der Waals surface area (Å²) in [5.74, 6) is 2.74. The number of methoxy groups -OCH3 is 1. The topological polar surface area (TPSA) is 81.1 Å². The first kappa shape index (κ1) is 15.9. The van der Waals surface area contributed by atoms with Crippen LogP contribution in [0.2, 0.25) is 0 Å². The van der Waals surface area contributed by atoms with Crippen LogP contribution in [0.1, 0.15) is 36.5 Å². The van der Waals surface area contributed by atoms with Crippen LogP contribution in [0, 0.1) is 0 Å². The van der Waals surface area contributed by atoms with Gasteiger partial charge in [-0.25, -0.2) is 4.79 Å². The van der Waals surface area contributed by atoms with Crippen molar-refractivity contribution in [2.24, 2.45) is 0 Å². The predicted molar refractivity (Wildman–Crippen MR) is 92.5 cm³/mol. The Labute approximate surface area is 146 Å². The smallest absolute Gasteiger partial charge is 0.315 e. The Balaban J connectivity index is 1.33. The number of aryl methyl sites for hydroxylation is 1. The van der Waals surface area contributed by atoms with E-state index in [4.69, 9.17) is 4.74 Å². The molecule has 1 fully saturated rings.